The lowest BCUT2D eigenvalue weighted by Gasteiger charge is -2.12. The van der Waals surface area contributed by atoms with Gasteiger partial charge in [-0.2, -0.15) is 0 Å². The Morgan fingerprint density at radius 2 is 1.07 bits per heavy atom. The molecule has 0 radical (unpaired) electrons. The molecule has 45 heavy (non-hydrogen) atoms. The number of carbonyl (C=O) groups is 2. The van der Waals surface area contributed by atoms with Crippen LogP contribution in [0, 0.1) is 0 Å². The fourth-order valence-corrected chi connectivity index (χ4v) is 4.61. The largest absolute Gasteiger partial charge is 0.463 e. The third kappa shape index (κ3) is 34.3. The fourth-order valence-electron chi connectivity index (χ4n) is 4.61. The number of unbranched alkanes of at least 4 members (excludes halogenated alkanes) is 13. The number of hydrogen-bond acceptors (Lipinski definition) is 6. The number of aliphatic hydroxyl groups is 2. The minimum atomic E-state index is -0.997. The number of carbonyl (C=O) groups excluding carboxylic acids is 2. The van der Waals surface area contributed by atoms with Crippen molar-refractivity contribution in [1.29, 1.82) is 0 Å². The van der Waals surface area contributed by atoms with Crippen LogP contribution < -0.4 is 0 Å². The Labute approximate surface area is 275 Å². The van der Waals surface area contributed by atoms with Gasteiger partial charge in [-0.3, -0.25) is 9.59 Å². The lowest BCUT2D eigenvalue weighted by molar-refractivity contribution is -0.152. The van der Waals surface area contributed by atoms with E-state index in [1.54, 1.807) is 0 Å². The SMILES string of the molecule is CC/C=C\C(O)C/C=C/C=C\C/C=C\C/C=C\CCCC(=O)OC[C@@H](O)COC(=O)CCCCCCCCCCCCCCC. The number of rotatable bonds is 31. The molecule has 0 saturated carbocycles. The van der Waals surface area contributed by atoms with Crippen LogP contribution in [-0.2, 0) is 19.1 Å². The highest BCUT2D eigenvalue weighted by Crippen LogP contribution is 2.13. The van der Waals surface area contributed by atoms with Crippen molar-refractivity contribution in [3.8, 4) is 0 Å². The summed E-state index contributed by atoms with van der Waals surface area (Å²) in [7, 11) is 0. The third-order valence-electron chi connectivity index (χ3n) is 7.34. The summed E-state index contributed by atoms with van der Waals surface area (Å²) >= 11 is 0. The van der Waals surface area contributed by atoms with Gasteiger partial charge < -0.3 is 19.7 Å². The van der Waals surface area contributed by atoms with Crippen molar-refractivity contribution in [3.63, 3.8) is 0 Å². The molecule has 0 spiro atoms. The van der Waals surface area contributed by atoms with E-state index in [9.17, 15) is 19.8 Å². The van der Waals surface area contributed by atoms with Crippen molar-refractivity contribution < 1.29 is 29.3 Å². The first-order valence-electron chi connectivity index (χ1n) is 17.9. The molecule has 0 aromatic rings. The van der Waals surface area contributed by atoms with Crippen LogP contribution in [0.3, 0.4) is 0 Å². The van der Waals surface area contributed by atoms with E-state index in [0.29, 0.717) is 19.3 Å². The van der Waals surface area contributed by atoms with E-state index in [1.807, 2.05) is 37.3 Å². The van der Waals surface area contributed by atoms with Crippen LogP contribution >= 0.6 is 0 Å². The molecule has 0 aliphatic rings. The van der Waals surface area contributed by atoms with Gasteiger partial charge in [-0.15, -0.1) is 0 Å². The van der Waals surface area contributed by atoms with Crippen molar-refractivity contribution in [2.75, 3.05) is 13.2 Å². The number of aliphatic hydroxyl groups excluding tert-OH is 2. The summed E-state index contributed by atoms with van der Waals surface area (Å²) in [5.41, 5.74) is 0. The first-order chi connectivity index (χ1) is 22.0. The molecule has 0 rings (SSSR count). The van der Waals surface area contributed by atoms with Gasteiger partial charge in [-0.1, -0.05) is 152 Å². The van der Waals surface area contributed by atoms with Gasteiger partial charge >= 0.3 is 11.9 Å². The van der Waals surface area contributed by atoms with E-state index in [0.717, 1.165) is 44.9 Å². The van der Waals surface area contributed by atoms with Crippen molar-refractivity contribution in [3.05, 3.63) is 60.8 Å². The van der Waals surface area contributed by atoms with Crippen molar-refractivity contribution in [2.45, 2.75) is 161 Å². The molecule has 6 nitrogen and oxygen atoms in total. The second-order valence-electron chi connectivity index (χ2n) is 11.8. The number of hydrogen-bond donors (Lipinski definition) is 2. The van der Waals surface area contributed by atoms with Gasteiger partial charge in [0, 0.05) is 12.8 Å². The fraction of sp³-hybridized carbons (Fsp3) is 0.692. The summed E-state index contributed by atoms with van der Waals surface area (Å²) in [6.07, 6.45) is 40.4. The monoisotopic (exact) mass is 630 g/mol. The molecule has 0 saturated heterocycles. The average Bonchev–Trinajstić information content (AvgIpc) is 3.04. The average molecular weight is 631 g/mol. The molecule has 2 atom stereocenters. The van der Waals surface area contributed by atoms with Gasteiger partial charge in [0.25, 0.3) is 0 Å². The summed E-state index contributed by atoms with van der Waals surface area (Å²) in [6, 6.07) is 0. The zero-order valence-electron chi connectivity index (χ0n) is 28.7. The molecular weight excluding hydrogens is 564 g/mol. The van der Waals surface area contributed by atoms with Crippen LogP contribution in [0.2, 0.25) is 0 Å². The highest BCUT2D eigenvalue weighted by atomic mass is 16.6. The number of allylic oxidation sites excluding steroid dienone is 8. The molecule has 0 aromatic carbocycles. The predicted molar refractivity (Wildman–Crippen MR) is 188 cm³/mol. The van der Waals surface area contributed by atoms with Gasteiger partial charge in [0.05, 0.1) is 6.10 Å². The predicted octanol–water partition coefficient (Wildman–Crippen LogP) is 9.81. The van der Waals surface area contributed by atoms with Crippen molar-refractivity contribution >= 4 is 11.9 Å². The topological polar surface area (TPSA) is 93.1 Å². The molecule has 0 amide bonds. The van der Waals surface area contributed by atoms with Gasteiger partial charge in [0.15, 0.2) is 0 Å². The number of ether oxygens (including phenoxy) is 2. The first-order valence-corrected chi connectivity index (χ1v) is 17.9. The van der Waals surface area contributed by atoms with Gasteiger partial charge in [0.2, 0.25) is 0 Å². The molecule has 6 heteroatoms. The van der Waals surface area contributed by atoms with Crippen LogP contribution in [0.4, 0.5) is 0 Å². The standard InChI is InChI=1S/C39H66O6/c1-3-5-7-8-9-10-11-12-16-19-22-25-28-32-38(42)44-34-37(41)35-45-39(43)33-29-26-23-20-17-14-13-15-18-21-24-27-31-36(40)30-6-4-2/h6,13-14,18,20-21,23-24,27,30,36-37,40-41H,3-5,7-12,15-17,19,22,25-26,28-29,31-35H2,1-2H3/b14-13-,21-18-,23-20-,27-24+,30-6-/t36?,37-/m0/s1. The van der Waals surface area contributed by atoms with Crippen LogP contribution in [0.1, 0.15) is 149 Å². The number of esters is 2. The Hall–Kier alpha value is -2.44. The molecular formula is C39H66O6. The Balaban J connectivity index is 3.61. The van der Waals surface area contributed by atoms with E-state index < -0.39 is 12.2 Å². The minimum absolute atomic E-state index is 0.144. The summed E-state index contributed by atoms with van der Waals surface area (Å²) in [6.45, 7) is 4.00. The van der Waals surface area contributed by atoms with Gasteiger partial charge in [-0.25, -0.2) is 0 Å². The molecule has 258 valence electrons. The summed E-state index contributed by atoms with van der Waals surface area (Å²) in [5.74, 6) is -0.657. The molecule has 0 aromatic heterocycles. The summed E-state index contributed by atoms with van der Waals surface area (Å²) < 4.78 is 10.2. The van der Waals surface area contributed by atoms with E-state index in [4.69, 9.17) is 9.47 Å². The highest BCUT2D eigenvalue weighted by Gasteiger charge is 2.12. The Morgan fingerprint density at radius 3 is 1.64 bits per heavy atom. The van der Waals surface area contributed by atoms with Gasteiger partial charge in [0.1, 0.15) is 19.3 Å². The van der Waals surface area contributed by atoms with Crippen LogP contribution in [0.25, 0.3) is 0 Å². The Bertz CT molecular complexity index is 825. The first kappa shape index (κ1) is 42.6. The zero-order chi connectivity index (χ0) is 33.1. The van der Waals surface area contributed by atoms with E-state index >= 15 is 0 Å². The molecule has 1 unspecified atom stereocenters. The lowest BCUT2D eigenvalue weighted by Crippen LogP contribution is -2.25. The van der Waals surface area contributed by atoms with Crippen LogP contribution in [-0.4, -0.2) is 47.6 Å². The zero-order valence-corrected chi connectivity index (χ0v) is 28.7. The maximum absolute atomic E-state index is 11.9. The van der Waals surface area contributed by atoms with Gasteiger partial charge in [-0.05, 0) is 44.9 Å². The molecule has 0 bridgehead atoms. The maximum atomic E-state index is 11.9. The Kier molecular flexibility index (Phi) is 32.6. The molecule has 0 aliphatic heterocycles. The summed E-state index contributed by atoms with van der Waals surface area (Å²) in [4.78, 5) is 23.8. The normalized spacial score (nSPS) is 13.6. The second-order valence-corrected chi connectivity index (χ2v) is 11.8. The molecule has 0 heterocycles. The van der Waals surface area contributed by atoms with Crippen LogP contribution in [0.15, 0.2) is 60.8 Å². The quantitative estimate of drug-likeness (QED) is 0.0343. The maximum Gasteiger partial charge on any atom is 0.305 e. The van der Waals surface area contributed by atoms with E-state index in [-0.39, 0.29) is 31.6 Å². The summed E-state index contributed by atoms with van der Waals surface area (Å²) in [5, 5.41) is 19.7. The second kappa shape index (κ2) is 34.4. The van der Waals surface area contributed by atoms with E-state index in [1.165, 1.54) is 64.2 Å². The lowest BCUT2D eigenvalue weighted by atomic mass is 10.0. The Morgan fingerprint density at radius 1 is 0.578 bits per heavy atom. The van der Waals surface area contributed by atoms with Crippen molar-refractivity contribution in [2.24, 2.45) is 0 Å². The smallest absolute Gasteiger partial charge is 0.305 e. The van der Waals surface area contributed by atoms with Crippen LogP contribution in [0.5, 0.6) is 0 Å². The molecule has 0 fully saturated rings. The third-order valence-corrected chi connectivity index (χ3v) is 7.34. The molecule has 2 N–H and O–H groups in total. The minimum Gasteiger partial charge on any atom is -0.463 e. The van der Waals surface area contributed by atoms with E-state index in [2.05, 4.69) is 37.3 Å². The van der Waals surface area contributed by atoms with Crippen molar-refractivity contribution in [1.82, 2.24) is 0 Å². The highest BCUT2D eigenvalue weighted by molar-refractivity contribution is 5.69. The molecule has 0 aliphatic carbocycles.